The van der Waals surface area contributed by atoms with Crippen molar-refractivity contribution >= 4 is 11.9 Å². The average molecular weight is 238 g/mol. The minimum atomic E-state index is -1.46. The third kappa shape index (κ3) is 2.96. The van der Waals surface area contributed by atoms with Gasteiger partial charge in [0.2, 0.25) is 0 Å². The molecule has 5 heteroatoms. The van der Waals surface area contributed by atoms with E-state index in [1.165, 1.54) is 12.1 Å². The topological polar surface area (TPSA) is 94.8 Å². The Morgan fingerprint density at radius 1 is 1.12 bits per heavy atom. The number of carboxylic acids is 2. The molecule has 0 aliphatic carbocycles. The molecule has 0 bridgehead atoms. The SMILES string of the molecule is Cc1cc(O)cc(C)c1CC(C(=O)O)C(=O)O. The number of carboxylic acid groups (broad SMARTS) is 2. The molecule has 1 aromatic rings. The lowest BCUT2D eigenvalue weighted by atomic mass is 9.92. The molecule has 0 aromatic heterocycles. The molecule has 0 unspecified atom stereocenters. The smallest absolute Gasteiger partial charge is 0.318 e. The van der Waals surface area contributed by atoms with Crippen LogP contribution in [0.4, 0.5) is 0 Å². The number of phenolic OH excluding ortho intramolecular Hbond substituents is 1. The third-order valence-electron chi connectivity index (χ3n) is 2.69. The number of aliphatic carboxylic acids is 2. The molecule has 0 heterocycles. The highest BCUT2D eigenvalue weighted by molar-refractivity contribution is 5.93. The molecule has 17 heavy (non-hydrogen) atoms. The molecule has 0 amide bonds. The molecule has 0 saturated carbocycles. The molecule has 1 aromatic carbocycles. The summed E-state index contributed by atoms with van der Waals surface area (Å²) in [6, 6.07) is 2.98. The predicted molar refractivity (Wildman–Crippen MR) is 60.0 cm³/mol. The van der Waals surface area contributed by atoms with Crippen molar-refractivity contribution in [1.82, 2.24) is 0 Å². The Bertz CT molecular complexity index is 427. The Balaban J connectivity index is 3.10. The Kier molecular flexibility index (Phi) is 3.73. The van der Waals surface area contributed by atoms with Crippen molar-refractivity contribution in [2.45, 2.75) is 20.3 Å². The van der Waals surface area contributed by atoms with Gasteiger partial charge in [-0.3, -0.25) is 9.59 Å². The van der Waals surface area contributed by atoms with Crippen molar-refractivity contribution in [2.24, 2.45) is 5.92 Å². The standard InChI is InChI=1S/C12H14O5/c1-6-3-8(13)4-7(2)9(6)5-10(11(14)15)12(16)17/h3-4,10,13H,5H2,1-2H3,(H,14,15)(H,16,17). The maximum atomic E-state index is 10.8. The largest absolute Gasteiger partial charge is 0.508 e. The highest BCUT2D eigenvalue weighted by Crippen LogP contribution is 2.23. The van der Waals surface area contributed by atoms with Crippen molar-refractivity contribution in [3.8, 4) is 5.75 Å². The van der Waals surface area contributed by atoms with Gasteiger partial charge >= 0.3 is 11.9 Å². The molecule has 0 aliphatic rings. The van der Waals surface area contributed by atoms with E-state index in [-0.39, 0.29) is 12.2 Å². The second-order valence-electron chi connectivity index (χ2n) is 3.99. The van der Waals surface area contributed by atoms with Gasteiger partial charge < -0.3 is 15.3 Å². The van der Waals surface area contributed by atoms with Gasteiger partial charge in [-0.15, -0.1) is 0 Å². The second kappa shape index (κ2) is 4.86. The van der Waals surface area contributed by atoms with Crippen LogP contribution in [-0.4, -0.2) is 27.3 Å². The lowest BCUT2D eigenvalue weighted by Gasteiger charge is -2.13. The van der Waals surface area contributed by atoms with Crippen molar-refractivity contribution in [2.75, 3.05) is 0 Å². The maximum absolute atomic E-state index is 10.8. The van der Waals surface area contributed by atoms with Gasteiger partial charge in [0.25, 0.3) is 0 Å². The van der Waals surface area contributed by atoms with Crippen molar-refractivity contribution in [3.63, 3.8) is 0 Å². The highest BCUT2D eigenvalue weighted by atomic mass is 16.4. The molecule has 92 valence electrons. The summed E-state index contributed by atoms with van der Waals surface area (Å²) in [7, 11) is 0. The van der Waals surface area contributed by atoms with E-state index in [1.54, 1.807) is 13.8 Å². The van der Waals surface area contributed by atoms with Crippen LogP contribution in [0.25, 0.3) is 0 Å². The van der Waals surface area contributed by atoms with Crippen molar-refractivity contribution in [3.05, 3.63) is 28.8 Å². The zero-order valence-electron chi connectivity index (χ0n) is 9.60. The lowest BCUT2D eigenvalue weighted by molar-refractivity contribution is -0.154. The minimum absolute atomic E-state index is 0.0807. The molecule has 1 rings (SSSR count). The summed E-state index contributed by atoms with van der Waals surface area (Å²) in [4.78, 5) is 21.6. The summed E-state index contributed by atoms with van der Waals surface area (Å²) in [6.07, 6.45) is -0.0807. The molecule has 0 fully saturated rings. The molecular weight excluding hydrogens is 224 g/mol. The summed E-state index contributed by atoms with van der Waals surface area (Å²) in [5, 5.41) is 27.0. The van der Waals surface area contributed by atoms with Crippen LogP contribution in [0.15, 0.2) is 12.1 Å². The number of aromatic hydroxyl groups is 1. The fourth-order valence-electron chi connectivity index (χ4n) is 1.78. The molecule has 3 N–H and O–H groups in total. The van der Waals surface area contributed by atoms with E-state index in [1.807, 2.05) is 0 Å². The maximum Gasteiger partial charge on any atom is 0.318 e. The summed E-state index contributed by atoms with van der Waals surface area (Å²) in [5.41, 5.74) is 2.03. The monoisotopic (exact) mass is 238 g/mol. The zero-order valence-corrected chi connectivity index (χ0v) is 9.60. The van der Waals surface area contributed by atoms with Crippen LogP contribution in [-0.2, 0) is 16.0 Å². The van der Waals surface area contributed by atoms with Crippen molar-refractivity contribution in [1.29, 1.82) is 0 Å². The quantitative estimate of drug-likeness (QED) is 0.688. The highest BCUT2D eigenvalue weighted by Gasteiger charge is 2.27. The van der Waals surface area contributed by atoms with Gasteiger partial charge in [-0.25, -0.2) is 0 Å². The Labute approximate surface area is 98.3 Å². The first-order chi connectivity index (χ1) is 7.82. The number of aryl methyl sites for hydroxylation is 2. The number of benzene rings is 1. The first kappa shape index (κ1) is 13.0. The molecule has 0 saturated heterocycles. The van der Waals surface area contributed by atoms with E-state index in [2.05, 4.69) is 0 Å². The fourth-order valence-corrected chi connectivity index (χ4v) is 1.78. The van der Waals surface area contributed by atoms with Gasteiger partial charge in [0.05, 0.1) is 0 Å². The number of hydrogen-bond acceptors (Lipinski definition) is 3. The van der Waals surface area contributed by atoms with Gasteiger partial charge in [0.15, 0.2) is 5.92 Å². The summed E-state index contributed by atoms with van der Waals surface area (Å²) in [5.74, 6) is -4.09. The summed E-state index contributed by atoms with van der Waals surface area (Å²) < 4.78 is 0. The van der Waals surface area contributed by atoms with Crippen LogP contribution in [0.5, 0.6) is 5.75 Å². The zero-order chi connectivity index (χ0) is 13.2. The van der Waals surface area contributed by atoms with Crippen LogP contribution in [0.1, 0.15) is 16.7 Å². The van der Waals surface area contributed by atoms with Crippen LogP contribution in [0.3, 0.4) is 0 Å². The van der Waals surface area contributed by atoms with Gasteiger partial charge in [0, 0.05) is 0 Å². The van der Waals surface area contributed by atoms with Gasteiger partial charge in [0.1, 0.15) is 5.75 Å². The Hall–Kier alpha value is -2.04. The lowest BCUT2D eigenvalue weighted by Crippen LogP contribution is -2.26. The first-order valence-corrected chi connectivity index (χ1v) is 5.07. The fraction of sp³-hybridized carbons (Fsp3) is 0.333. The minimum Gasteiger partial charge on any atom is -0.508 e. The molecule has 5 nitrogen and oxygen atoms in total. The Morgan fingerprint density at radius 2 is 1.53 bits per heavy atom. The van der Waals surface area contributed by atoms with Crippen molar-refractivity contribution < 1.29 is 24.9 Å². The van der Waals surface area contributed by atoms with Crippen LogP contribution < -0.4 is 0 Å². The normalized spacial score (nSPS) is 10.5. The number of rotatable bonds is 4. The van der Waals surface area contributed by atoms with E-state index >= 15 is 0 Å². The second-order valence-corrected chi connectivity index (χ2v) is 3.99. The number of phenols is 1. The summed E-state index contributed by atoms with van der Waals surface area (Å²) >= 11 is 0. The molecular formula is C12H14O5. The van der Waals surface area contributed by atoms with Gasteiger partial charge in [-0.2, -0.15) is 0 Å². The average Bonchev–Trinajstić information content (AvgIpc) is 2.14. The van der Waals surface area contributed by atoms with E-state index in [9.17, 15) is 14.7 Å². The molecule has 0 aliphatic heterocycles. The first-order valence-electron chi connectivity index (χ1n) is 5.07. The van der Waals surface area contributed by atoms with Crippen LogP contribution >= 0.6 is 0 Å². The van der Waals surface area contributed by atoms with Crippen LogP contribution in [0.2, 0.25) is 0 Å². The molecule has 0 spiro atoms. The Morgan fingerprint density at radius 3 is 1.88 bits per heavy atom. The summed E-state index contributed by atoms with van der Waals surface area (Å²) in [6.45, 7) is 3.42. The predicted octanol–water partition coefficient (Wildman–Crippen LogP) is 1.34. The van der Waals surface area contributed by atoms with Gasteiger partial charge in [-0.05, 0) is 49.1 Å². The molecule has 0 radical (unpaired) electrons. The molecule has 0 atom stereocenters. The van der Waals surface area contributed by atoms with E-state index in [4.69, 9.17) is 10.2 Å². The van der Waals surface area contributed by atoms with E-state index in [0.717, 1.165) is 0 Å². The van der Waals surface area contributed by atoms with E-state index < -0.39 is 17.9 Å². The van der Waals surface area contributed by atoms with Gasteiger partial charge in [-0.1, -0.05) is 0 Å². The number of hydrogen-bond donors (Lipinski definition) is 3. The van der Waals surface area contributed by atoms with E-state index in [0.29, 0.717) is 16.7 Å². The third-order valence-corrected chi connectivity index (χ3v) is 2.69. The van der Waals surface area contributed by atoms with Crippen LogP contribution in [0, 0.1) is 19.8 Å². The number of carbonyl (C=O) groups is 2.